The number of nitrogens with zero attached hydrogens (tertiary/aromatic N) is 1. The zero-order chi connectivity index (χ0) is 20.4. The predicted molar refractivity (Wildman–Crippen MR) is 112 cm³/mol. The first-order chi connectivity index (χ1) is 13.9. The summed E-state index contributed by atoms with van der Waals surface area (Å²) >= 11 is 0. The summed E-state index contributed by atoms with van der Waals surface area (Å²) in [5, 5.41) is 0. The van der Waals surface area contributed by atoms with E-state index in [1.807, 2.05) is 42.5 Å². The van der Waals surface area contributed by atoms with Crippen molar-refractivity contribution in [1.29, 1.82) is 0 Å². The zero-order valence-electron chi connectivity index (χ0n) is 16.0. The third-order valence-corrected chi connectivity index (χ3v) is 6.09. The average molecular weight is 407 g/mol. The number of rotatable bonds is 3. The highest BCUT2D eigenvalue weighted by molar-refractivity contribution is 7.90. The van der Waals surface area contributed by atoms with Crippen molar-refractivity contribution < 1.29 is 17.9 Å². The Hall–Kier alpha value is -3.12. The minimum Gasteiger partial charge on any atom is -0.491 e. The van der Waals surface area contributed by atoms with Gasteiger partial charge in [-0.05, 0) is 47.5 Å². The number of carbonyl (C=O) groups excluding carboxylic acids is 1. The first-order valence-corrected chi connectivity index (χ1v) is 11.2. The predicted octanol–water partition coefficient (Wildman–Crippen LogP) is 3.79. The van der Waals surface area contributed by atoms with Gasteiger partial charge in [-0.25, -0.2) is 8.42 Å². The van der Waals surface area contributed by atoms with Crippen molar-refractivity contribution in [2.45, 2.75) is 11.4 Å². The van der Waals surface area contributed by atoms with Crippen LogP contribution in [-0.4, -0.2) is 38.6 Å². The lowest BCUT2D eigenvalue weighted by atomic mass is 10.0. The van der Waals surface area contributed by atoms with Gasteiger partial charge in [0.05, 0.1) is 11.4 Å². The number of sulfone groups is 1. The highest BCUT2D eigenvalue weighted by atomic mass is 32.2. The maximum atomic E-state index is 13.0. The summed E-state index contributed by atoms with van der Waals surface area (Å²) in [6.07, 6.45) is 1.15. The van der Waals surface area contributed by atoms with Crippen LogP contribution in [0.25, 0.3) is 11.1 Å². The molecule has 1 heterocycles. The minimum atomic E-state index is -3.29. The Kier molecular flexibility index (Phi) is 5.11. The average Bonchev–Trinajstić information content (AvgIpc) is 2.95. The van der Waals surface area contributed by atoms with E-state index in [2.05, 4.69) is 6.07 Å². The molecule has 1 aliphatic rings. The van der Waals surface area contributed by atoms with Crippen LogP contribution >= 0.6 is 0 Å². The Balaban J connectivity index is 1.60. The lowest BCUT2D eigenvalue weighted by Crippen LogP contribution is -2.32. The van der Waals surface area contributed by atoms with Crippen molar-refractivity contribution in [3.8, 4) is 16.9 Å². The first-order valence-electron chi connectivity index (χ1n) is 9.32. The van der Waals surface area contributed by atoms with Crippen LogP contribution in [0.5, 0.6) is 5.75 Å². The van der Waals surface area contributed by atoms with Gasteiger partial charge in [-0.15, -0.1) is 0 Å². The maximum Gasteiger partial charge on any atom is 0.254 e. The molecule has 0 radical (unpaired) electrons. The standard InChI is InChI=1S/C23H21NO4S/c1-29(26,27)21-10-7-18(8-11-21)23(25)24-13-14-28-22-12-9-19(15-20(22)16-24)17-5-3-2-4-6-17/h2-12,15H,13-14,16H2,1H3. The minimum absolute atomic E-state index is 0.147. The number of hydrogen-bond acceptors (Lipinski definition) is 4. The monoisotopic (exact) mass is 407 g/mol. The van der Waals surface area contributed by atoms with Crippen LogP contribution in [0.4, 0.5) is 0 Å². The molecule has 0 saturated heterocycles. The van der Waals surface area contributed by atoms with E-state index in [9.17, 15) is 13.2 Å². The van der Waals surface area contributed by atoms with Crippen molar-refractivity contribution in [1.82, 2.24) is 4.90 Å². The molecule has 3 aromatic rings. The Labute approximate surface area is 170 Å². The van der Waals surface area contributed by atoms with Crippen LogP contribution in [0.15, 0.2) is 77.7 Å². The SMILES string of the molecule is CS(=O)(=O)c1ccc(C(=O)N2CCOc3ccc(-c4ccccc4)cc3C2)cc1. The highest BCUT2D eigenvalue weighted by Gasteiger charge is 2.22. The van der Waals surface area contributed by atoms with E-state index in [0.29, 0.717) is 25.3 Å². The van der Waals surface area contributed by atoms with Gasteiger partial charge in [0.2, 0.25) is 0 Å². The molecule has 0 aromatic heterocycles. The van der Waals surface area contributed by atoms with Crippen LogP contribution in [0.1, 0.15) is 15.9 Å². The first kappa shape index (κ1) is 19.2. The molecule has 0 fully saturated rings. The summed E-state index contributed by atoms with van der Waals surface area (Å²) in [4.78, 5) is 14.9. The second-order valence-electron chi connectivity index (χ2n) is 7.06. The Morgan fingerprint density at radius 3 is 2.34 bits per heavy atom. The highest BCUT2D eigenvalue weighted by Crippen LogP contribution is 2.29. The molecule has 0 spiro atoms. The zero-order valence-corrected chi connectivity index (χ0v) is 16.9. The number of benzene rings is 3. The van der Waals surface area contributed by atoms with Crippen LogP contribution in [0, 0.1) is 0 Å². The fourth-order valence-corrected chi connectivity index (χ4v) is 4.04. The van der Waals surface area contributed by atoms with Crippen molar-refractivity contribution >= 4 is 15.7 Å². The number of fused-ring (bicyclic) bond motifs is 1. The second-order valence-corrected chi connectivity index (χ2v) is 9.08. The quantitative estimate of drug-likeness (QED) is 0.663. The molecular weight excluding hydrogens is 386 g/mol. The van der Waals surface area contributed by atoms with Gasteiger partial charge in [0.25, 0.3) is 5.91 Å². The summed E-state index contributed by atoms with van der Waals surface area (Å²) in [6.45, 7) is 1.30. The van der Waals surface area contributed by atoms with Gasteiger partial charge < -0.3 is 9.64 Å². The molecule has 0 atom stereocenters. The second kappa shape index (κ2) is 7.72. The van der Waals surface area contributed by atoms with E-state index < -0.39 is 9.84 Å². The molecule has 4 rings (SSSR count). The number of ether oxygens (including phenoxy) is 1. The van der Waals surface area contributed by atoms with Crippen molar-refractivity contribution in [2.24, 2.45) is 0 Å². The van der Waals surface area contributed by atoms with Gasteiger partial charge in [0, 0.05) is 23.9 Å². The third-order valence-electron chi connectivity index (χ3n) is 4.96. The lowest BCUT2D eigenvalue weighted by Gasteiger charge is -2.20. The number of carbonyl (C=O) groups is 1. The summed E-state index contributed by atoms with van der Waals surface area (Å²) in [7, 11) is -3.29. The third kappa shape index (κ3) is 4.17. The van der Waals surface area contributed by atoms with Gasteiger partial charge in [0.15, 0.2) is 9.84 Å². The van der Waals surface area contributed by atoms with Crippen LogP contribution in [0.2, 0.25) is 0 Å². The summed E-state index contributed by atoms with van der Waals surface area (Å²) in [5.74, 6) is 0.638. The van der Waals surface area contributed by atoms with E-state index in [-0.39, 0.29) is 10.8 Å². The molecule has 0 aliphatic carbocycles. The topological polar surface area (TPSA) is 63.7 Å². The van der Waals surface area contributed by atoms with E-state index >= 15 is 0 Å². The van der Waals surface area contributed by atoms with Gasteiger partial charge in [0.1, 0.15) is 12.4 Å². The molecule has 148 valence electrons. The van der Waals surface area contributed by atoms with Gasteiger partial charge in [-0.3, -0.25) is 4.79 Å². The summed E-state index contributed by atoms with van der Waals surface area (Å²) in [6, 6.07) is 22.2. The molecule has 29 heavy (non-hydrogen) atoms. The maximum absolute atomic E-state index is 13.0. The summed E-state index contributed by atoms with van der Waals surface area (Å²) in [5.41, 5.74) is 3.58. The van der Waals surface area contributed by atoms with E-state index in [0.717, 1.165) is 28.7 Å². The molecule has 0 N–H and O–H groups in total. The fraction of sp³-hybridized carbons (Fsp3) is 0.174. The normalized spacial score (nSPS) is 13.9. The molecule has 0 saturated carbocycles. The molecule has 3 aromatic carbocycles. The number of hydrogen-bond donors (Lipinski definition) is 0. The largest absolute Gasteiger partial charge is 0.491 e. The van der Waals surface area contributed by atoms with Crippen molar-refractivity contribution in [3.05, 3.63) is 83.9 Å². The smallest absolute Gasteiger partial charge is 0.254 e. The Bertz CT molecular complexity index is 1140. The van der Waals surface area contributed by atoms with E-state index in [1.54, 1.807) is 17.0 Å². The van der Waals surface area contributed by atoms with Crippen LogP contribution in [0.3, 0.4) is 0 Å². The van der Waals surface area contributed by atoms with Crippen molar-refractivity contribution in [3.63, 3.8) is 0 Å². The molecule has 0 bridgehead atoms. The molecule has 0 unspecified atom stereocenters. The molecule has 5 nitrogen and oxygen atoms in total. The number of amides is 1. The van der Waals surface area contributed by atoms with Crippen molar-refractivity contribution in [2.75, 3.05) is 19.4 Å². The van der Waals surface area contributed by atoms with Gasteiger partial charge in [-0.1, -0.05) is 36.4 Å². The molecule has 6 heteroatoms. The Morgan fingerprint density at radius 2 is 1.66 bits per heavy atom. The molecular formula is C23H21NO4S. The molecule has 1 aliphatic heterocycles. The van der Waals surface area contributed by atoms with Crippen LogP contribution in [-0.2, 0) is 16.4 Å². The fourth-order valence-electron chi connectivity index (χ4n) is 3.41. The van der Waals surface area contributed by atoms with Gasteiger partial charge in [-0.2, -0.15) is 0 Å². The van der Waals surface area contributed by atoms with Crippen LogP contribution < -0.4 is 4.74 Å². The van der Waals surface area contributed by atoms with E-state index in [4.69, 9.17) is 4.74 Å². The molecule has 1 amide bonds. The van der Waals surface area contributed by atoms with E-state index in [1.165, 1.54) is 12.1 Å². The lowest BCUT2D eigenvalue weighted by molar-refractivity contribution is 0.0733. The summed E-state index contributed by atoms with van der Waals surface area (Å²) < 4.78 is 29.1. The Morgan fingerprint density at radius 1 is 0.931 bits per heavy atom. The van der Waals surface area contributed by atoms with Gasteiger partial charge >= 0.3 is 0 Å².